The number of benzene rings is 1. The lowest BCUT2D eigenvalue weighted by Gasteiger charge is -1.92. The molecule has 2 nitrogen and oxygen atoms in total. The summed E-state index contributed by atoms with van der Waals surface area (Å²) >= 11 is 3.21. The van der Waals surface area contributed by atoms with Gasteiger partial charge in [0.1, 0.15) is 10.7 Å². The summed E-state index contributed by atoms with van der Waals surface area (Å²) in [4.78, 5) is 14.9. The fraction of sp³-hybridized carbons (Fsp3) is 0. The number of fused-ring (bicyclic) bond motifs is 1. The van der Waals surface area contributed by atoms with Crippen molar-refractivity contribution >= 4 is 39.0 Å². The first-order valence-electron chi connectivity index (χ1n) is 4.76. The van der Waals surface area contributed by atoms with E-state index >= 15 is 0 Å². The fourth-order valence-electron chi connectivity index (χ4n) is 1.61. The molecule has 3 aromatic rings. The normalized spacial score (nSPS) is 10.8. The van der Waals surface area contributed by atoms with Crippen LogP contribution in [0.25, 0.3) is 20.7 Å². The molecule has 0 radical (unpaired) electrons. The number of rotatable bonds is 2. The summed E-state index contributed by atoms with van der Waals surface area (Å²) in [5.41, 5.74) is 1.63. The molecule has 0 spiro atoms. The smallest absolute Gasteiger partial charge is 0.169 e. The molecule has 16 heavy (non-hydrogen) atoms. The van der Waals surface area contributed by atoms with Gasteiger partial charge in [0, 0.05) is 26.4 Å². The molecule has 0 saturated heterocycles. The van der Waals surface area contributed by atoms with Gasteiger partial charge in [-0.05, 0) is 6.07 Å². The third kappa shape index (κ3) is 1.47. The minimum atomic E-state index is 0.510. The van der Waals surface area contributed by atoms with Crippen molar-refractivity contribution in [2.24, 2.45) is 0 Å². The molecule has 1 aromatic carbocycles. The Balaban J connectivity index is 2.21. The molecule has 0 aliphatic carbocycles. The molecular formula is C12H7NOS2. The van der Waals surface area contributed by atoms with E-state index in [9.17, 15) is 4.79 Å². The maximum absolute atomic E-state index is 10.6. The van der Waals surface area contributed by atoms with Crippen molar-refractivity contribution in [3.8, 4) is 10.6 Å². The van der Waals surface area contributed by atoms with E-state index in [1.807, 2.05) is 12.1 Å². The lowest BCUT2D eigenvalue weighted by molar-refractivity contribution is 0.111. The first-order chi connectivity index (χ1) is 7.88. The van der Waals surface area contributed by atoms with Gasteiger partial charge in [0.15, 0.2) is 6.29 Å². The molecule has 0 bridgehead atoms. The SMILES string of the molecule is O=Cc1csc(-c2csc3ccccc23)n1. The molecule has 2 aromatic heterocycles. The number of hydrogen-bond acceptors (Lipinski definition) is 4. The van der Waals surface area contributed by atoms with Gasteiger partial charge in [-0.3, -0.25) is 4.79 Å². The van der Waals surface area contributed by atoms with Gasteiger partial charge in [-0.15, -0.1) is 22.7 Å². The van der Waals surface area contributed by atoms with E-state index in [0.717, 1.165) is 16.9 Å². The van der Waals surface area contributed by atoms with Crippen LogP contribution < -0.4 is 0 Å². The van der Waals surface area contributed by atoms with Crippen molar-refractivity contribution in [1.29, 1.82) is 0 Å². The summed E-state index contributed by atoms with van der Waals surface area (Å²) in [6, 6.07) is 8.23. The Morgan fingerprint density at radius 1 is 1.12 bits per heavy atom. The monoisotopic (exact) mass is 245 g/mol. The molecule has 2 heterocycles. The Morgan fingerprint density at radius 3 is 2.81 bits per heavy atom. The first-order valence-corrected chi connectivity index (χ1v) is 6.52. The second-order valence-corrected chi connectivity index (χ2v) is 5.11. The van der Waals surface area contributed by atoms with Crippen LogP contribution in [0.1, 0.15) is 10.5 Å². The van der Waals surface area contributed by atoms with Crippen molar-refractivity contribution in [2.45, 2.75) is 0 Å². The molecule has 0 N–H and O–H groups in total. The van der Waals surface area contributed by atoms with E-state index in [0.29, 0.717) is 5.69 Å². The third-order valence-corrected chi connectivity index (χ3v) is 4.21. The second-order valence-electron chi connectivity index (χ2n) is 3.34. The Kier molecular flexibility index (Phi) is 2.31. The number of aldehydes is 1. The highest BCUT2D eigenvalue weighted by Gasteiger charge is 2.09. The largest absolute Gasteiger partial charge is 0.296 e. The van der Waals surface area contributed by atoms with E-state index in [2.05, 4.69) is 22.5 Å². The molecule has 3 rings (SSSR count). The Labute approximate surface area is 100 Å². The molecule has 0 atom stereocenters. The van der Waals surface area contributed by atoms with E-state index in [4.69, 9.17) is 0 Å². The summed E-state index contributed by atoms with van der Waals surface area (Å²) in [5.74, 6) is 0. The van der Waals surface area contributed by atoms with Gasteiger partial charge < -0.3 is 0 Å². The van der Waals surface area contributed by atoms with E-state index in [1.54, 1.807) is 16.7 Å². The highest BCUT2D eigenvalue weighted by molar-refractivity contribution is 7.18. The van der Waals surface area contributed by atoms with E-state index in [-0.39, 0.29) is 0 Å². The van der Waals surface area contributed by atoms with Crippen molar-refractivity contribution in [1.82, 2.24) is 4.98 Å². The predicted molar refractivity (Wildman–Crippen MR) is 68.3 cm³/mol. The average molecular weight is 245 g/mol. The number of aromatic nitrogens is 1. The highest BCUT2D eigenvalue weighted by atomic mass is 32.1. The number of thiophene rings is 1. The maximum Gasteiger partial charge on any atom is 0.169 e. The van der Waals surface area contributed by atoms with Crippen molar-refractivity contribution < 1.29 is 4.79 Å². The summed E-state index contributed by atoms with van der Waals surface area (Å²) < 4.78 is 1.25. The zero-order chi connectivity index (χ0) is 11.0. The van der Waals surface area contributed by atoms with Crippen LogP contribution >= 0.6 is 22.7 Å². The number of carbonyl (C=O) groups excluding carboxylic acids is 1. The first kappa shape index (κ1) is 9.69. The number of nitrogens with zero attached hydrogens (tertiary/aromatic N) is 1. The lowest BCUT2D eigenvalue weighted by Crippen LogP contribution is -1.78. The minimum Gasteiger partial charge on any atom is -0.296 e. The molecule has 0 saturated carbocycles. The standard InChI is InChI=1S/C12H7NOS2/c14-5-8-6-16-12(13-8)10-7-15-11-4-2-1-3-9(10)11/h1-7H. The van der Waals surface area contributed by atoms with Gasteiger partial charge in [0.25, 0.3) is 0 Å². The van der Waals surface area contributed by atoms with Gasteiger partial charge in [0.05, 0.1) is 0 Å². The van der Waals surface area contributed by atoms with Crippen LogP contribution in [-0.2, 0) is 0 Å². The highest BCUT2D eigenvalue weighted by Crippen LogP contribution is 2.35. The van der Waals surface area contributed by atoms with Crippen LogP contribution in [-0.4, -0.2) is 11.3 Å². The summed E-state index contributed by atoms with van der Waals surface area (Å²) in [6.45, 7) is 0. The van der Waals surface area contributed by atoms with Gasteiger partial charge in [-0.25, -0.2) is 4.98 Å². The third-order valence-electron chi connectivity index (χ3n) is 2.35. The van der Waals surface area contributed by atoms with Gasteiger partial charge in [-0.2, -0.15) is 0 Å². The van der Waals surface area contributed by atoms with Crippen LogP contribution in [0.4, 0.5) is 0 Å². The van der Waals surface area contributed by atoms with E-state index in [1.165, 1.54) is 21.4 Å². The van der Waals surface area contributed by atoms with Crippen LogP contribution in [0.2, 0.25) is 0 Å². The molecule has 4 heteroatoms. The zero-order valence-corrected chi connectivity index (χ0v) is 9.85. The average Bonchev–Trinajstić information content (AvgIpc) is 2.94. The Morgan fingerprint density at radius 2 is 2.00 bits per heavy atom. The maximum atomic E-state index is 10.6. The van der Waals surface area contributed by atoms with Gasteiger partial charge >= 0.3 is 0 Å². The van der Waals surface area contributed by atoms with E-state index < -0.39 is 0 Å². The summed E-state index contributed by atoms with van der Waals surface area (Å²) in [7, 11) is 0. The quantitative estimate of drug-likeness (QED) is 0.642. The van der Waals surface area contributed by atoms with Crippen molar-refractivity contribution in [3.05, 3.63) is 40.7 Å². The fourth-order valence-corrected chi connectivity index (χ4v) is 3.42. The van der Waals surface area contributed by atoms with Crippen LogP contribution in [0.3, 0.4) is 0 Å². The molecule has 0 amide bonds. The lowest BCUT2D eigenvalue weighted by atomic mass is 10.2. The molecule has 0 unspecified atom stereocenters. The zero-order valence-electron chi connectivity index (χ0n) is 8.21. The van der Waals surface area contributed by atoms with Crippen molar-refractivity contribution in [3.63, 3.8) is 0 Å². The molecular weight excluding hydrogens is 238 g/mol. The van der Waals surface area contributed by atoms with Crippen LogP contribution in [0.15, 0.2) is 35.0 Å². The Bertz CT molecular complexity index is 654. The van der Waals surface area contributed by atoms with Gasteiger partial charge in [-0.1, -0.05) is 18.2 Å². The van der Waals surface area contributed by atoms with Crippen molar-refractivity contribution in [2.75, 3.05) is 0 Å². The molecule has 78 valence electrons. The molecule has 0 fully saturated rings. The molecule has 0 aliphatic heterocycles. The minimum absolute atomic E-state index is 0.510. The van der Waals surface area contributed by atoms with Crippen LogP contribution in [0.5, 0.6) is 0 Å². The number of hydrogen-bond donors (Lipinski definition) is 0. The molecule has 0 aliphatic rings. The summed E-state index contributed by atoms with van der Waals surface area (Å²) in [5, 5.41) is 6.01. The predicted octanol–water partition coefficient (Wildman–Crippen LogP) is 3.84. The Hall–Kier alpha value is -1.52. The topological polar surface area (TPSA) is 30.0 Å². The summed E-state index contributed by atoms with van der Waals surface area (Å²) in [6.07, 6.45) is 0.786. The number of carbonyl (C=O) groups is 1. The second kappa shape index (κ2) is 3.81. The number of thiazole rings is 1. The van der Waals surface area contributed by atoms with Gasteiger partial charge in [0.2, 0.25) is 0 Å². The van der Waals surface area contributed by atoms with Crippen LogP contribution in [0, 0.1) is 0 Å².